The lowest BCUT2D eigenvalue weighted by molar-refractivity contribution is 0.426. The third-order valence-corrected chi connectivity index (χ3v) is 3.32. The van der Waals surface area contributed by atoms with Crippen LogP contribution in [0.2, 0.25) is 5.02 Å². The predicted octanol–water partition coefficient (Wildman–Crippen LogP) is 3.06. The van der Waals surface area contributed by atoms with E-state index in [1.807, 2.05) is 0 Å². The highest BCUT2D eigenvalue weighted by Gasteiger charge is 2.14. The van der Waals surface area contributed by atoms with Gasteiger partial charge in [-0.05, 0) is 12.1 Å². The van der Waals surface area contributed by atoms with Crippen LogP contribution >= 0.6 is 22.3 Å². The molecule has 0 aliphatic rings. The molecule has 0 aliphatic carbocycles. The average molecular weight is 292 g/mol. The van der Waals surface area contributed by atoms with Gasteiger partial charge in [-0.15, -0.1) is 0 Å². The number of nitrogens with zero attached hydrogens (tertiary/aromatic N) is 1. The lowest BCUT2D eigenvalue weighted by atomic mass is 10.2. The SMILES string of the molecule is O=S(=O)(Cl)Cc1cc(-c2ccccc2Cl)on1. The van der Waals surface area contributed by atoms with Gasteiger partial charge in [0.05, 0.1) is 5.02 Å². The van der Waals surface area contributed by atoms with Crippen LogP contribution in [0.15, 0.2) is 34.9 Å². The smallest absolute Gasteiger partial charge is 0.238 e. The average Bonchev–Trinajstić information content (AvgIpc) is 2.64. The zero-order chi connectivity index (χ0) is 12.5. The van der Waals surface area contributed by atoms with Gasteiger partial charge >= 0.3 is 0 Å². The highest BCUT2D eigenvalue weighted by molar-refractivity contribution is 8.13. The van der Waals surface area contributed by atoms with Gasteiger partial charge in [-0.3, -0.25) is 0 Å². The standard InChI is InChI=1S/C10H7Cl2NO3S/c11-9-4-2-1-3-8(9)10-5-7(13-16-10)6-17(12,14)15/h1-5H,6H2. The van der Waals surface area contributed by atoms with Crippen molar-refractivity contribution in [1.29, 1.82) is 0 Å². The van der Waals surface area contributed by atoms with Crippen LogP contribution in [-0.2, 0) is 14.8 Å². The summed E-state index contributed by atoms with van der Waals surface area (Å²) >= 11 is 5.97. The number of halogens is 2. The first-order valence-corrected chi connectivity index (χ1v) is 7.44. The first-order valence-electron chi connectivity index (χ1n) is 4.58. The Bertz CT molecular complexity index is 637. The molecule has 2 aromatic rings. The summed E-state index contributed by atoms with van der Waals surface area (Å²) in [7, 11) is 1.48. The Morgan fingerprint density at radius 2 is 2.00 bits per heavy atom. The highest BCUT2D eigenvalue weighted by Crippen LogP contribution is 2.28. The molecule has 0 aliphatic heterocycles. The van der Waals surface area contributed by atoms with Crippen LogP contribution in [0.1, 0.15) is 5.69 Å². The minimum atomic E-state index is -3.64. The number of hydrogen-bond acceptors (Lipinski definition) is 4. The molecule has 1 aromatic carbocycles. The maximum Gasteiger partial charge on any atom is 0.238 e. The Labute approximate surface area is 108 Å². The second-order valence-electron chi connectivity index (χ2n) is 3.35. The van der Waals surface area contributed by atoms with Crippen molar-refractivity contribution in [3.63, 3.8) is 0 Å². The Morgan fingerprint density at radius 3 is 2.65 bits per heavy atom. The van der Waals surface area contributed by atoms with Gasteiger partial charge in [-0.1, -0.05) is 28.9 Å². The Hall–Kier alpha value is -1.04. The molecule has 4 nitrogen and oxygen atoms in total. The lowest BCUT2D eigenvalue weighted by Gasteiger charge is -1.96. The third kappa shape index (κ3) is 3.21. The van der Waals surface area contributed by atoms with Gasteiger partial charge < -0.3 is 4.52 Å². The molecule has 17 heavy (non-hydrogen) atoms. The van der Waals surface area contributed by atoms with E-state index in [9.17, 15) is 8.42 Å². The molecule has 90 valence electrons. The van der Waals surface area contributed by atoms with Gasteiger partial charge in [0.2, 0.25) is 9.05 Å². The van der Waals surface area contributed by atoms with E-state index in [1.54, 1.807) is 24.3 Å². The molecule has 2 rings (SSSR count). The number of benzene rings is 1. The highest BCUT2D eigenvalue weighted by atomic mass is 35.7. The fourth-order valence-electron chi connectivity index (χ4n) is 1.34. The molecule has 0 radical (unpaired) electrons. The molecule has 0 spiro atoms. The number of rotatable bonds is 3. The Morgan fingerprint density at radius 1 is 1.29 bits per heavy atom. The summed E-state index contributed by atoms with van der Waals surface area (Å²) in [6.45, 7) is 0. The monoisotopic (exact) mass is 291 g/mol. The summed E-state index contributed by atoms with van der Waals surface area (Å²) in [4.78, 5) is 0. The molecular weight excluding hydrogens is 285 g/mol. The van der Waals surface area contributed by atoms with Crippen molar-refractivity contribution in [2.45, 2.75) is 5.75 Å². The minimum absolute atomic E-state index is 0.245. The Balaban J connectivity index is 2.34. The second kappa shape index (κ2) is 4.68. The largest absolute Gasteiger partial charge is 0.356 e. The van der Waals surface area contributed by atoms with Gasteiger partial charge in [-0.25, -0.2) is 8.42 Å². The van der Waals surface area contributed by atoms with Crippen molar-refractivity contribution in [2.24, 2.45) is 0 Å². The summed E-state index contributed by atoms with van der Waals surface area (Å²) in [5.74, 6) is 0.0357. The maximum absolute atomic E-state index is 10.9. The minimum Gasteiger partial charge on any atom is -0.356 e. The summed E-state index contributed by atoms with van der Waals surface area (Å²) in [5, 5.41) is 4.13. The molecular formula is C10H7Cl2NO3S. The number of hydrogen-bond donors (Lipinski definition) is 0. The van der Waals surface area contributed by atoms with Crippen LogP contribution in [0.3, 0.4) is 0 Å². The van der Waals surface area contributed by atoms with Crippen molar-refractivity contribution in [1.82, 2.24) is 5.16 Å². The van der Waals surface area contributed by atoms with E-state index in [1.165, 1.54) is 6.07 Å². The van der Waals surface area contributed by atoms with E-state index >= 15 is 0 Å². The van der Waals surface area contributed by atoms with E-state index < -0.39 is 9.05 Å². The molecule has 0 saturated carbocycles. The van der Waals surface area contributed by atoms with Crippen LogP contribution in [0, 0.1) is 0 Å². The zero-order valence-corrected chi connectivity index (χ0v) is 10.8. The summed E-state index contributed by atoms with van der Waals surface area (Å²) in [6, 6.07) is 8.54. The van der Waals surface area contributed by atoms with Gasteiger partial charge in [0.15, 0.2) is 5.76 Å². The summed E-state index contributed by atoms with van der Waals surface area (Å²) in [5.41, 5.74) is 0.898. The van der Waals surface area contributed by atoms with Crippen LogP contribution in [0.4, 0.5) is 0 Å². The van der Waals surface area contributed by atoms with Gasteiger partial charge in [-0.2, -0.15) is 0 Å². The summed E-state index contributed by atoms with van der Waals surface area (Å²) in [6.07, 6.45) is 0. The van der Waals surface area contributed by atoms with Gasteiger partial charge in [0.25, 0.3) is 0 Å². The van der Waals surface area contributed by atoms with Gasteiger partial charge in [0, 0.05) is 22.3 Å². The zero-order valence-electron chi connectivity index (χ0n) is 8.43. The molecule has 0 saturated heterocycles. The Kier molecular flexibility index (Phi) is 3.42. The molecule has 7 heteroatoms. The molecule has 1 heterocycles. The normalized spacial score (nSPS) is 11.6. The van der Waals surface area contributed by atoms with E-state index in [0.717, 1.165) is 0 Å². The second-order valence-corrected chi connectivity index (χ2v) is 6.53. The van der Waals surface area contributed by atoms with Crippen molar-refractivity contribution in [3.8, 4) is 11.3 Å². The topological polar surface area (TPSA) is 60.2 Å². The summed E-state index contributed by atoms with van der Waals surface area (Å²) < 4.78 is 26.8. The van der Waals surface area contributed by atoms with Crippen LogP contribution < -0.4 is 0 Å². The molecule has 1 aromatic heterocycles. The van der Waals surface area contributed by atoms with Crippen molar-refractivity contribution >= 4 is 31.3 Å². The third-order valence-electron chi connectivity index (χ3n) is 2.02. The first-order chi connectivity index (χ1) is 7.96. The fourth-order valence-corrected chi connectivity index (χ4v) is 2.40. The van der Waals surface area contributed by atoms with Crippen LogP contribution in [0.5, 0.6) is 0 Å². The van der Waals surface area contributed by atoms with Crippen molar-refractivity contribution < 1.29 is 12.9 Å². The van der Waals surface area contributed by atoms with Crippen LogP contribution in [-0.4, -0.2) is 13.6 Å². The molecule has 0 atom stereocenters. The van der Waals surface area contributed by atoms with Crippen molar-refractivity contribution in [2.75, 3.05) is 0 Å². The van der Waals surface area contributed by atoms with E-state index in [4.69, 9.17) is 26.8 Å². The quantitative estimate of drug-likeness (QED) is 0.816. The van der Waals surface area contributed by atoms with Gasteiger partial charge in [0.1, 0.15) is 11.4 Å². The fraction of sp³-hybridized carbons (Fsp3) is 0.100. The first kappa shape index (κ1) is 12.4. The lowest BCUT2D eigenvalue weighted by Crippen LogP contribution is -1.94. The van der Waals surface area contributed by atoms with Crippen molar-refractivity contribution in [3.05, 3.63) is 41.0 Å². The molecule has 0 unspecified atom stereocenters. The van der Waals surface area contributed by atoms with E-state index in [2.05, 4.69) is 5.16 Å². The number of aromatic nitrogens is 1. The maximum atomic E-state index is 10.9. The molecule has 0 N–H and O–H groups in total. The van der Waals surface area contributed by atoms with E-state index in [0.29, 0.717) is 16.3 Å². The molecule has 0 fully saturated rings. The molecule has 0 amide bonds. The predicted molar refractivity (Wildman–Crippen MR) is 65.4 cm³/mol. The van der Waals surface area contributed by atoms with E-state index in [-0.39, 0.29) is 11.4 Å². The molecule has 0 bridgehead atoms. The van der Waals surface area contributed by atoms with Crippen LogP contribution in [0.25, 0.3) is 11.3 Å².